The highest BCUT2D eigenvalue weighted by atomic mass is 17.9. The third-order valence-electron chi connectivity index (χ3n) is 3.40. The van der Waals surface area contributed by atoms with Crippen LogP contribution < -0.4 is 0 Å². The van der Waals surface area contributed by atoms with E-state index in [0.717, 1.165) is 19.1 Å². The predicted octanol–water partition coefficient (Wildman–Crippen LogP) is 5.30. The largest absolute Gasteiger partial charge is 0.315 e. The highest BCUT2D eigenvalue weighted by molar-refractivity contribution is 4.48. The summed E-state index contributed by atoms with van der Waals surface area (Å²) in [6, 6.07) is 0. The van der Waals surface area contributed by atoms with Gasteiger partial charge < -0.3 is 4.89 Å². The van der Waals surface area contributed by atoms with Crippen molar-refractivity contribution >= 4 is 0 Å². The van der Waals surface area contributed by atoms with Crippen molar-refractivity contribution in [1.29, 1.82) is 0 Å². The first kappa shape index (κ1) is 24.2. The van der Waals surface area contributed by atoms with Gasteiger partial charge in [-0.3, -0.25) is 0 Å². The summed E-state index contributed by atoms with van der Waals surface area (Å²) in [6.07, 6.45) is 16.2. The quantitative estimate of drug-likeness (QED) is 0.109. The molecule has 0 aromatic carbocycles. The molecular formula is C16H32O9. The zero-order valence-electron chi connectivity index (χ0n) is 15.2. The maximum atomic E-state index is 4.68. The van der Waals surface area contributed by atoms with Crippen molar-refractivity contribution in [3.05, 3.63) is 12.8 Å². The van der Waals surface area contributed by atoms with Crippen LogP contribution in [0, 0.1) is 0 Å². The smallest absolute Gasteiger partial charge is 0.125 e. The molecule has 0 aliphatic rings. The Hall–Kier alpha value is -0.780. The van der Waals surface area contributed by atoms with E-state index in [4.69, 9.17) is 0 Å². The summed E-state index contributed by atoms with van der Waals surface area (Å²) in [5, 5.41) is 27.3. The molecule has 0 spiro atoms. The van der Waals surface area contributed by atoms with Gasteiger partial charge in [-0.15, -0.1) is 0 Å². The normalized spacial score (nSPS) is 10.9. The minimum Gasteiger partial charge on any atom is -0.315 e. The second-order valence-electron chi connectivity index (χ2n) is 5.45. The lowest BCUT2D eigenvalue weighted by Crippen LogP contribution is -2.02. The molecule has 25 heavy (non-hydrogen) atoms. The Morgan fingerprint density at radius 2 is 1.00 bits per heavy atom. The van der Waals surface area contributed by atoms with E-state index in [1.165, 1.54) is 64.2 Å². The van der Waals surface area contributed by atoms with Gasteiger partial charge in [0.25, 0.3) is 0 Å². The van der Waals surface area contributed by atoms with Gasteiger partial charge >= 0.3 is 0 Å². The molecule has 0 saturated carbocycles. The van der Waals surface area contributed by atoms with E-state index in [0.29, 0.717) is 6.61 Å². The molecule has 0 aromatic heterocycles. The summed E-state index contributed by atoms with van der Waals surface area (Å²) in [4.78, 5) is 8.73. The fourth-order valence-electron chi connectivity index (χ4n) is 2.16. The maximum absolute atomic E-state index is 4.68. The zero-order valence-corrected chi connectivity index (χ0v) is 15.2. The van der Waals surface area contributed by atoms with E-state index in [1.54, 1.807) is 0 Å². The van der Waals surface area contributed by atoms with Gasteiger partial charge in [-0.2, -0.15) is 0 Å². The molecule has 0 N–H and O–H groups in total. The number of rotatable bonds is 22. The van der Waals surface area contributed by atoms with Crippen LogP contribution in [0.2, 0.25) is 0 Å². The molecule has 0 fully saturated rings. The second kappa shape index (κ2) is 23.2. The molecule has 0 aliphatic carbocycles. The fraction of sp³-hybridized carbons (Fsp3) is 0.875. The van der Waals surface area contributed by atoms with Crippen LogP contribution in [0.5, 0.6) is 0 Å². The average Bonchev–Trinajstić information content (AvgIpc) is 2.63. The van der Waals surface area contributed by atoms with Crippen molar-refractivity contribution in [1.82, 2.24) is 0 Å². The van der Waals surface area contributed by atoms with Crippen LogP contribution in [0.3, 0.4) is 0 Å². The first-order valence-electron chi connectivity index (χ1n) is 8.97. The Morgan fingerprint density at radius 1 is 0.560 bits per heavy atom. The number of hydrogen-bond acceptors (Lipinski definition) is 9. The molecule has 0 aliphatic heterocycles. The Kier molecular flexibility index (Phi) is 22.5. The monoisotopic (exact) mass is 368 g/mol. The van der Waals surface area contributed by atoms with E-state index in [-0.39, 0.29) is 0 Å². The van der Waals surface area contributed by atoms with E-state index >= 15 is 0 Å². The van der Waals surface area contributed by atoms with Gasteiger partial charge in [0.2, 0.25) is 0 Å². The maximum Gasteiger partial charge on any atom is 0.125 e. The molecule has 0 heterocycles. The van der Waals surface area contributed by atoms with Crippen molar-refractivity contribution in [2.24, 2.45) is 0 Å². The molecule has 0 atom stereocenters. The van der Waals surface area contributed by atoms with Crippen LogP contribution in [-0.4, -0.2) is 6.61 Å². The minimum absolute atomic E-state index is 0.383. The van der Waals surface area contributed by atoms with Gasteiger partial charge in [0.15, 0.2) is 0 Å². The molecule has 0 bridgehead atoms. The predicted molar refractivity (Wildman–Crippen MR) is 85.9 cm³/mol. The van der Waals surface area contributed by atoms with Crippen molar-refractivity contribution in [2.45, 2.75) is 84.0 Å². The molecule has 0 rings (SSSR count). The third kappa shape index (κ3) is 23.2. The minimum atomic E-state index is 0.383. The second-order valence-corrected chi connectivity index (χ2v) is 5.45. The Balaban J connectivity index is 2.95. The highest BCUT2D eigenvalue weighted by Crippen LogP contribution is 2.11. The summed E-state index contributed by atoms with van der Waals surface area (Å²) >= 11 is 0. The number of hydrogen-bond donors (Lipinski definition) is 0. The SMILES string of the molecule is C=COOOOOOOOOCCCCCCCCCCCCCC. The molecule has 0 unspecified atom stereocenters. The van der Waals surface area contributed by atoms with Crippen molar-refractivity contribution in [2.75, 3.05) is 6.61 Å². The van der Waals surface area contributed by atoms with E-state index in [9.17, 15) is 0 Å². The third-order valence-corrected chi connectivity index (χ3v) is 3.40. The molecule has 9 nitrogen and oxygen atoms in total. The molecule has 0 radical (unpaired) electrons. The van der Waals surface area contributed by atoms with Crippen LogP contribution in [-0.2, 0) is 45.0 Å². The number of unbranched alkanes of at least 4 members (excludes halogenated alkanes) is 11. The van der Waals surface area contributed by atoms with Gasteiger partial charge in [-0.25, -0.2) is 4.89 Å². The van der Waals surface area contributed by atoms with Gasteiger partial charge in [0, 0.05) is 20.2 Å². The van der Waals surface area contributed by atoms with Gasteiger partial charge in [-0.05, 0) is 21.5 Å². The molecular weight excluding hydrogens is 336 g/mol. The summed E-state index contributed by atoms with van der Waals surface area (Å²) in [6.45, 7) is 5.80. The van der Waals surface area contributed by atoms with Crippen LogP contribution in [0.15, 0.2) is 12.8 Å². The lowest BCUT2D eigenvalue weighted by Gasteiger charge is -2.03. The summed E-state index contributed by atoms with van der Waals surface area (Å²) in [5.41, 5.74) is 0. The van der Waals surface area contributed by atoms with Gasteiger partial charge in [0.1, 0.15) is 6.26 Å². The Labute approximate surface area is 149 Å². The van der Waals surface area contributed by atoms with Crippen LogP contribution in [0.1, 0.15) is 84.0 Å². The van der Waals surface area contributed by atoms with E-state index < -0.39 is 0 Å². The topological polar surface area (TPSA) is 83.1 Å². The molecule has 9 heteroatoms. The molecule has 0 aromatic rings. The van der Waals surface area contributed by atoms with Crippen molar-refractivity contribution in [3.8, 4) is 0 Å². The lowest BCUT2D eigenvalue weighted by molar-refractivity contribution is -0.829. The Bertz CT molecular complexity index is 254. The Morgan fingerprint density at radius 3 is 1.52 bits per heavy atom. The van der Waals surface area contributed by atoms with Crippen LogP contribution >= 0.6 is 0 Å². The van der Waals surface area contributed by atoms with E-state index in [1.807, 2.05) is 0 Å². The van der Waals surface area contributed by atoms with E-state index in [2.05, 4.69) is 58.5 Å². The summed E-state index contributed by atoms with van der Waals surface area (Å²) in [7, 11) is 0. The summed E-state index contributed by atoms with van der Waals surface area (Å²) in [5.74, 6) is 0. The molecule has 150 valence electrons. The fourth-order valence-corrected chi connectivity index (χ4v) is 2.16. The molecule has 0 amide bonds. The van der Waals surface area contributed by atoms with Gasteiger partial charge in [0.05, 0.1) is 6.61 Å². The lowest BCUT2D eigenvalue weighted by atomic mass is 10.1. The highest BCUT2D eigenvalue weighted by Gasteiger charge is 1.97. The van der Waals surface area contributed by atoms with Crippen molar-refractivity contribution in [3.63, 3.8) is 0 Å². The molecule has 0 saturated heterocycles. The standard InChI is InChI=1S/C16H32O9/c1-3-5-6-7-8-9-10-11-12-13-14-15-16-18-20-22-24-25-23-21-19-17-4-2/h4H,2-3,5-16H2,1H3. The summed E-state index contributed by atoms with van der Waals surface area (Å²) < 4.78 is 0. The average molecular weight is 368 g/mol. The van der Waals surface area contributed by atoms with Gasteiger partial charge in [-0.1, -0.05) is 84.1 Å². The first-order valence-corrected chi connectivity index (χ1v) is 8.97. The zero-order chi connectivity index (χ0) is 18.3. The van der Waals surface area contributed by atoms with Crippen LogP contribution in [0.25, 0.3) is 0 Å². The van der Waals surface area contributed by atoms with Crippen LogP contribution in [0.4, 0.5) is 0 Å². The first-order chi connectivity index (χ1) is 12.4. The van der Waals surface area contributed by atoms with Crippen molar-refractivity contribution < 1.29 is 45.0 Å².